The highest BCUT2D eigenvalue weighted by Crippen LogP contribution is 2.35. The number of hydrogen-bond acceptors (Lipinski definition) is 3. The van der Waals surface area contributed by atoms with Gasteiger partial charge in [0, 0.05) is 32.7 Å². The number of aryl methyl sites for hydroxylation is 1. The molecule has 1 amide bonds. The Morgan fingerprint density at radius 2 is 2.08 bits per heavy atom. The minimum atomic E-state index is -0.306. The van der Waals surface area contributed by atoms with Crippen LogP contribution in [-0.2, 0) is 0 Å². The lowest BCUT2D eigenvalue weighted by Gasteiger charge is -1.97. The van der Waals surface area contributed by atoms with Gasteiger partial charge in [0.25, 0.3) is 5.91 Å². The maximum absolute atomic E-state index is 12.4. The van der Waals surface area contributed by atoms with E-state index >= 15 is 0 Å². The van der Waals surface area contributed by atoms with Crippen LogP contribution in [-0.4, -0.2) is 17.1 Å². The van der Waals surface area contributed by atoms with E-state index in [1.54, 1.807) is 6.21 Å². The smallest absolute Gasteiger partial charge is 0.283 e. The van der Waals surface area contributed by atoms with E-state index in [2.05, 4.69) is 15.5 Å². The Labute approximate surface area is 153 Å². The number of aromatic nitrogens is 1. The molecule has 0 bridgehead atoms. The summed E-state index contributed by atoms with van der Waals surface area (Å²) in [5, 5.41) is 6.49. The van der Waals surface area contributed by atoms with Crippen molar-refractivity contribution in [2.24, 2.45) is 5.10 Å². The van der Waals surface area contributed by atoms with Gasteiger partial charge in [-0.25, -0.2) is 5.43 Å². The number of aromatic amines is 1. The van der Waals surface area contributed by atoms with Gasteiger partial charge in [0.05, 0.1) is 11.2 Å². The molecule has 0 saturated heterocycles. The first-order valence-electron chi connectivity index (χ1n) is 7.71. The van der Waals surface area contributed by atoms with Crippen LogP contribution in [0.5, 0.6) is 0 Å². The molecule has 25 heavy (non-hydrogen) atoms. The molecule has 0 saturated carbocycles. The number of hydrogen-bond donors (Lipinski definition) is 2. The van der Waals surface area contributed by atoms with E-state index in [1.807, 2.05) is 55.6 Å². The third-order valence-electron chi connectivity index (χ3n) is 3.98. The molecule has 2 heterocycles. The number of benzene rings is 2. The van der Waals surface area contributed by atoms with Crippen LogP contribution < -0.4 is 5.43 Å². The van der Waals surface area contributed by atoms with Crippen molar-refractivity contribution in [3.8, 4) is 0 Å². The van der Waals surface area contributed by atoms with Crippen molar-refractivity contribution in [3.63, 3.8) is 0 Å². The Hall–Kier alpha value is -2.63. The Kier molecular flexibility index (Phi) is 4.03. The van der Waals surface area contributed by atoms with Gasteiger partial charge < -0.3 is 4.98 Å². The van der Waals surface area contributed by atoms with Gasteiger partial charge >= 0.3 is 0 Å². The average molecular weight is 368 g/mol. The summed E-state index contributed by atoms with van der Waals surface area (Å²) in [5.41, 5.74) is 5.63. The minimum absolute atomic E-state index is 0.306. The van der Waals surface area contributed by atoms with Gasteiger partial charge in [-0.1, -0.05) is 41.9 Å². The lowest BCUT2D eigenvalue weighted by atomic mass is 10.2. The monoisotopic (exact) mass is 367 g/mol. The van der Waals surface area contributed by atoms with Crippen LogP contribution in [0.3, 0.4) is 0 Å². The molecule has 4 aromatic rings. The lowest BCUT2D eigenvalue weighted by molar-refractivity contribution is 0.0959. The molecule has 2 aromatic heterocycles. The number of hydrazone groups is 1. The van der Waals surface area contributed by atoms with Crippen LogP contribution in [0.2, 0.25) is 5.02 Å². The van der Waals surface area contributed by atoms with Crippen LogP contribution in [0, 0.1) is 6.92 Å². The van der Waals surface area contributed by atoms with E-state index in [0.717, 1.165) is 32.1 Å². The summed E-state index contributed by atoms with van der Waals surface area (Å²) in [6.07, 6.45) is 3.48. The van der Waals surface area contributed by atoms with E-state index in [4.69, 9.17) is 11.6 Å². The standard InChI is InChI=1S/C19H14ClN3OS/c1-11-6-7-14-16(8-11)25-18(17(14)20)19(24)23-22-10-12-9-21-15-5-3-2-4-13(12)15/h2-10,21H,1H3,(H,23,24)/b22-10+. The highest BCUT2D eigenvalue weighted by atomic mass is 35.5. The maximum Gasteiger partial charge on any atom is 0.283 e. The molecule has 0 aliphatic heterocycles. The number of nitrogens with one attached hydrogen (secondary N) is 2. The number of para-hydroxylation sites is 1. The molecule has 124 valence electrons. The molecule has 2 aromatic carbocycles. The average Bonchev–Trinajstić information content (AvgIpc) is 3.16. The summed E-state index contributed by atoms with van der Waals surface area (Å²) in [6.45, 7) is 2.01. The number of H-pyrrole nitrogens is 1. The summed E-state index contributed by atoms with van der Waals surface area (Å²) in [7, 11) is 0. The van der Waals surface area contributed by atoms with Crippen molar-refractivity contribution in [1.29, 1.82) is 0 Å². The van der Waals surface area contributed by atoms with Gasteiger partial charge in [-0.2, -0.15) is 5.10 Å². The van der Waals surface area contributed by atoms with E-state index in [-0.39, 0.29) is 5.91 Å². The molecule has 2 N–H and O–H groups in total. The van der Waals surface area contributed by atoms with Crippen LogP contribution in [0.4, 0.5) is 0 Å². The number of carbonyl (C=O) groups excluding carboxylic acids is 1. The Morgan fingerprint density at radius 3 is 2.96 bits per heavy atom. The van der Waals surface area contributed by atoms with Gasteiger partial charge in [0.1, 0.15) is 4.88 Å². The molecule has 0 unspecified atom stereocenters. The van der Waals surface area contributed by atoms with Crippen molar-refractivity contribution in [3.05, 3.63) is 69.7 Å². The second-order valence-electron chi connectivity index (χ2n) is 5.73. The van der Waals surface area contributed by atoms with Crippen LogP contribution in [0.25, 0.3) is 21.0 Å². The fourth-order valence-electron chi connectivity index (χ4n) is 2.73. The second-order valence-corrected chi connectivity index (χ2v) is 7.16. The van der Waals surface area contributed by atoms with Crippen molar-refractivity contribution in [2.45, 2.75) is 6.92 Å². The first-order valence-corrected chi connectivity index (χ1v) is 8.91. The fraction of sp³-hybridized carbons (Fsp3) is 0.0526. The van der Waals surface area contributed by atoms with Gasteiger partial charge in [-0.3, -0.25) is 4.79 Å². The lowest BCUT2D eigenvalue weighted by Crippen LogP contribution is -2.16. The highest BCUT2D eigenvalue weighted by Gasteiger charge is 2.16. The van der Waals surface area contributed by atoms with Gasteiger partial charge in [-0.15, -0.1) is 11.3 Å². The molecule has 6 heteroatoms. The summed E-state index contributed by atoms with van der Waals surface area (Å²) in [4.78, 5) is 16.0. The molecule has 0 aliphatic rings. The van der Waals surface area contributed by atoms with E-state index in [1.165, 1.54) is 11.3 Å². The number of rotatable bonds is 3. The Bertz CT molecular complexity index is 1130. The van der Waals surface area contributed by atoms with E-state index in [9.17, 15) is 4.79 Å². The molecule has 0 radical (unpaired) electrons. The number of carbonyl (C=O) groups is 1. The number of halogens is 1. The zero-order valence-electron chi connectivity index (χ0n) is 13.3. The number of fused-ring (bicyclic) bond motifs is 2. The van der Waals surface area contributed by atoms with E-state index in [0.29, 0.717) is 9.90 Å². The zero-order chi connectivity index (χ0) is 17.4. The van der Waals surface area contributed by atoms with Crippen molar-refractivity contribution in [1.82, 2.24) is 10.4 Å². The Morgan fingerprint density at radius 1 is 1.24 bits per heavy atom. The van der Waals surface area contributed by atoms with Gasteiger partial charge in [-0.05, 0) is 24.6 Å². The van der Waals surface area contributed by atoms with Crippen molar-refractivity contribution in [2.75, 3.05) is 0 Å². The molecule has 0 spiro atoms. The van der Waals surface area contributed by atoms with Gasteiger partial charge in [0.15, 0.2) is 0 Å². The predicted octanol–water partition coefficient (Wildman–Crippen LogP) is 5.11. The molecular formula is C19H14ClN3OS. The third kappa shape index (κ3) is 2.92. The SMILES string of the molecule is Cc1ccc2c(Cl)c(C(=O)N/N=C/c3c[nH]c4ccccc34)sc2c1. The summed E-state index contributed by atoms with van der Waals surface area (Å²) < 4.78 is 0.996. The number of thiophene rings is 1. The normalized spacial score (nSPS) is 11.6. The summed E-state index contributed by atoms with van der Waals surface area (Å²) in [6, 6.07) is 13.9. The second kappa shape index (κ2) is 6.35. The van der Waals surface area contributed by atoms with Crippen LogP contribution >= 0.6 is 22.9 Å². The zero-order valence-corrected chi connectivity index (χ0v) is 14.9. The van der Waals surface area contributed by atoms with Crippen molar-refractivity contribution >= 4 is 56.0 Å². The molecule has 0 fully saturated rings. The van der Waals surface area contributed by atoms with E-state index < -0.39 is 0 Å². The first kappa shape index (κ1) is 15.9. The fourth-order valence-corrected chi connectivity index (χ4v) is 4.24. The first-order chi connectivity index (χ1) is 12.1. The Balaban J connectivity index is 1.57. The molecular weight excluding hydrogens is 354 g/mol. The number of amides is 1. The molecule has 0 atom stereocenters. The summed E-state index contributed by atoms with van der Waals surface area (Å²) in [5.74, 6) is -0.306. The maximum atomic E-state index is 12.4. The largest absolute Gasteiger partial charge is 0.361 e. The molecule has 4 rings (SSSR count). The highest BCUT2D eigenvalue weighted by molar-refractivity contribution is 7.21. The van der Waals surface area contributed by atoms with Crippen LogP contribution in [0.15, 0.2) is 53.8 Å². The molecule has 4 nitrogen and oxygen atoms in total. The summed E-state index contributed by atoms with van der Waals surface area (Å²) >= 11 is 7.73. The third-order valence-corrected chi connectivity index (χ3v) is 5.64. The topological polar surface area (TPSA) is 57.2 Å². The van der Waals surface area contributed by atoms with Crippen LogP contribution in [0.1, 0.15) is 20.8 Å². The minimum Gasteiger partial charge on any atom is -0.361 e. The predicted molar refractivity (Wildman–Crippen MR) is 105 cm³/mol. The van der Waals surface area contributed by atoms with Crippen molar-refractivity contribution < 1.29 is 4.79 Å². The molecule has 0 aliphatic carbocycles. The quantitative estimate of drug-likeness (QED) is 0.383. The number of nitrogens with zero attached hydrogens (tertiary/aromatic N) is 1. The van der Waals surface area contributed by atoms with Gasteiger partial charge in [0.2, 0.25) is 0 Å².